The highest BCUT2D eigenvalue weighted by atomic mass is 16.5. The third-order valence-corrected chi connectivity index (χ3v) is 5.48. The second kappa shape index (κ2) is 9.56. The van der Waals surface area contributed by atoms with Crippen LogP contribution in [-0.4, -0.2) is 43.4 Å². The summed E-state index contributed by atoms with van der Waals surface area (Å²) in [4.78, 5) is 39.2. The Bertz CT molecular complexity index is 1190. The first-order chi connectivity index (χ1) is 15.9. The summed E-state index contributed by atoms with van der Waals surface area (Å²) in [6, 6.07) is 21.4. The average Bonchev–Trinajstić information content (AvgIpc) is 2.83. The number of amides is 2. The zero-order chi connectivity index (χ0) is 23.4. The van der Waals surface area contributed by atoms with Gasteiger partial charge in [-0.15, -0.1) is 0 Å². The van der Waals surface area contributed by atoms with E-state index < -0.39 is 12.1 Å². The highest BCUT2D eigenvalue weighted by molar-refractivity contribution is 6.00. The highest BCUT2D eigenvalue weighted by Gasteiger charge is 2.28. The summed E-state index contributed by atoms with van der Waals surface area (Å²) in [6.45, 7) is -0.123. The van der Waals surface area contributed by atoms with Crippen molar-refractivity contribution in [1.29, 1.82) is 0 Å². The second-order valence-corrected chi connectivity index (χ2v) is 7.82. The smallest absolute Gasteiger partial charge is 0.339 e. The van der Waals surface area contributed by atoms with E-state index in [0.717, 1.165) is 11.1 Å². The Morgan fingerprint density at radius 3 is 2.61 bits per heavy atom. The lowest BCUT2D eigenvalue weighted by Gasteiger charge is -2.26. The molecule has 1 atom stereocenters. The molecule has 7 nitrogen and oxygen atoms in total. The van der Waals surface area contributed by atoms with Gasteiger partial charge in [0, 0.05) is 30.8 Å². The number of carbonyl (C=O) groups excluding carboxylic acids is 3. The summed E-state index contributed by atoms with van der Waals surface area (Å²) in [6.07, 6.45) is 0.0783. The minimum atomic E-state index is -0.407. The number of hydrogen-bond acceptors (Lipinski definition) is 5. The average molecular weight is 444 g/mol. The molecule has 0 spiro atoms. The topological polar surface area (TPSA) is 84.9 Å². The number of rotatable bonds is 6. The first-order valence-corrected chi connectivity index (χ1v) is 10.5. The molecule has 33 heavy (non-hydrogen) atoms. The number of hydrogen-bond donors (Lipinski definition) is 1. The number of benzene rings is 3. The predicted octanol–water partition coefficient (Wildman–Crippen LogP) is 3.86. The van der Waals surface area contributed by atoms with Gasteiger partial charge in [0.15, 0.2) is 0 Å². The number of carbonyl (C=O) groups is 3. The molecule has 0 aliphatic carbocycles. The molecule has 0 bridgehead atoms. The molecule has 3 aromatic carbocycles. The Labute approximate surface area is 191 Å². The third kappa shape index (κ3) is 5.03. The Morgan fingerprint density at radius 2 is 1.85 bits per heavy atom. The van der Waals surface area contributed by atoms with E-state index in [-0.39, 0.29) is 18.4 Å². The van der Waals surface area contributed by atoms with Crippen LogP contribution in [0.15, 0.2) is 72.8 Å². The van der Waals surface area contributed by atoms with Crippen LogP contribution in [0.2, 0.25) is 0 Å². The molecule has 0 unspecified atom stereocenters. The predicted molar refractivity (Wildman–Crippen MR) is 123 cm³/mol. The first-order valence-electron chi connectivity index (χ1n) is 10.5. The maximum Gasteiger partial charge on any atom is 0.339 e. The summed E-state index contributed by atoms with van der Waals surface area (Å²) >= 11 is 0. The van der Waals surface area contributed by atoms with Gasteiger partial charge in [-0.3, -0.25) is 9.59 Å². The molecule has 1 heterocycles. The molecule has 1 aliphatic rings. The van der Waals surface area contributed by atoms with Gasteiger partial charge in [0.1, 0.15) is 11.9 Å². The van der Waals surface area contributed by atoms with Crippen molar-refractivity contribution in [2.24, 2.45) is 0 Å². The molecule has 0 saturated heterocycles. The van der Waals surface area contributed by atoms with Gasteiger partial charge in [-0.25, -0.2) is 4.79 Å². The second-order valence-electron chi connectivity index (χ2n) is 7.82. The van der Waals surface area contributed by atoms with Crippen LogP contribution in [0.1, 0.15) is 37.9 Å². The Morgan fingerprint density at radius 1 is 1.06 bits per heavy atom. The summed E-state index contributed by atoms with van der Waals surface area (Å²) in [7, 11) is 3.11. The number of likely N-dealkylation sites (N-methyl/N-ethyl adjacent to an activating group) is 1. The summed E-state index contributed by atoms with van der Waals surface area (Å²) in [5.41, 5.74) is 3.10. The van der Waals surface area contributed by atoms with Crippen molar-refractivity contribution in [1.82, 2.24) is 4.90 Å². The van der Waals surface area contributed by atoms with Crippen molar-refractivity contribution >= 4 is 23.5 Å². The number of cyclic esters (lactones) is 1. The van der Waals surface area contributed by atoms with Crippen LogP contribution in [0.5, 0.6) is 5.75 Å². The van der Waals surface area contributed by atoms with Crippen LogP contribution >= 0.6 is 0 Å². The Balaban J connectivity index is 1.45. The van der Waals surface area contributed by atoms with E-state index >= 15 is 0 Å². The zero-order valence-corrected chi connectivity index (χ0v) is 18.4. The molecule has 2 amide bonds. The third-order valence-electron chi connectivity index (χ3n) is 5.48. The fourth-order valence-electron chi connectivity index (χ4n) is 3.79. The van der Waals surface area contributed by atoms with Gasteiger partial charge in [-0.2, -0.15) is 0 Å². The van der Waals surface area contributed by atoms with Crippen LogP contribution < -0.4 is 10.1 Å². The summed E-state index contributed by atoms with van der Waals surface area (Å²) < 4.78 is 10.7. The summed E-state index contributed by atoms with van der Waals surface area (Å²) in [5, 5.41) is 2.76. The highest BCUT2D eigenvalue weighted by Crippen LogP contribution is 2.31. The van der Waals surface area contributed by atoms with Crippen LogP contribution in [0.25, 0.3) is 0 Å². The van der Waals surface area contributed by atoms with Gasteiger partial charge >= 0.3 is 5.97 Å². The van der Waals surface area contributed by atoms with Crippen molar-refractivity contribution in [3.63, 3.8) is 0 Å². The molecule has 1 aliphatic heterocycles. The van der Waals surface area contributed by atoms with Crippen molar-refractivity contribution in [3.8, 4) is 5.75 Å². The number of methoxy groups -OCH3 is 1. The number of nitrogens with zero attached hydrogens (tertiary/aromatic N) is 1. The molecule has 0 fully saturated rings. The van der Waals surface area contributed by atoms with Crippen LogP contribution in [-0.2, 0) is 16.0 Å². The number of nitrogens with one attached hydrogen (secondary N) is 1. The molecular weight excluding hydrogens is 420 g/mol. The standard InChI is InChI=1S/C26H24N2O5/c1-28(16-24(29)27-20-9-6-10-21(15-20)32-2)25(30)18-11-12-22-19(13-18)14-23(33-26(22)31)17-7-4-3-5-8-17/h3-13,15,23H,14,16H2,1-2H3,(H,27,29)/t23-/m0/s1. The lowest BCUT2D eigenvalue weighted by Crippen LogP contribution is -2.35. The zero-order valence-electron chi connectivity index (χ0n) is 18.4. The molecule has 0 radical (unpaired) electrons. The number of ether oxygens (including phenoxy) is 2. The number of anilines is 1. The normalized spacial score (nSPS) is 14.6. The van der Waals surface area contributed by atoms with Crippen LogP contribution in [0.4, 0.5) is 5.69 Å². The van der Waals surface area contributed by atoms with Crippen molar-refractivity contribution < 1.29 is 23.9 Å². The van der Waals surface area contributed by atoms with E-state index in [4.69, 9.17) is 9.47 Å². The molecule has 4 rings (SSSR count). The molecule has 1 N–H and O–H groups in total. The van der Waals surface area contributed by atoms with E-state index in [1.807, 2.05) is 30.3 Å². The fraction of sp³-hybridized carbons (Fsp3) is 0.192. The number of esters is 1. The van der Waals surface area contributed by atoms with Crippen molar-refractivity contribution in [2.75, 3.05) is 26.0 Å². The molecule has 3 aromatic rings. The first kappa shape index (κ1) is 22.1. The minimum absolute atomic E-state index is 0.123. The van der Waals surface area contributed by atoms with E-state index in [2.05, 4.69) is 5.32 Å². The minimum Gasteiger partial charge on any atom is -0.497 e. The quantitative estimate of drug-likeness (QED) is 0.584. The van der Waals surface area contributed by atoms with E-state index in [0.29, 0.717) is 29.0 Å². The maximum atomic E-state index is 13.0. The summed E-state index contributed by atoms with van der Waals surface area (Å²) in [5.74, 6) is -0.424. The molecular formula is C26H24N2O5. The SMILES string of the molecule is COc1cccc(NC(=O)CN(C)C(=O)c2ccc3c(c2)C[C@@H](c2ccccc2)OC3=O)c1. The van der Waals surface area contributed by atoms with Gasteiger partial charge in [0.25, 0.3) is 5.91 Å². The molecule has 0 aromatic heterocycles. The largest absolute Gasteiger partial charge is 0.497 e. The van der Waals surface area contributed by atoms with Gasteiger partial charge in [0.2, 0.25) is 5.91 Å². The fourth-order valence-corrected chi connectivity index (χ4v) is 3.79. The Kier molecular flexibility index (Phi) is 6.40. The lowest BCUT2D eigenvalue weighted by atomic mass is 9.93. The van der Waals surface area contributed by atoms with Crippen LogP contribution in [0, 0.1) is 0 Å². The Hall–Kier alpha value is -4.13. The van der Waals surface area contributed by atoms with Crippen molar-refractivity contribution in [2.45, 2.75) is 12.5 Å². The number of fused-ring (bicyclic) bond motifs is 1. The lowest BCUT2D eigenvalue weighted by molar-refractivity contribution is -0.116. The van der Waals surface area contributed by atoms with E-state index in [1.165, 1.54) is 4.90 Å². The molecule has 168 valence electrons. The van der Waals surface area contributed by atoms with Crippen LogP contribution in [0.3, 0.4) is 0 Å². The van der Waals surface area contributed by atoms with Gasteiger partial charge < -0.3 is 19.7 Å². The maximum absolute atomic E-state index is 13.0. The van der Waals surface area contributed by atoms with Gasteiger partial charge in [-0.1, -0.05) is 36.4 Å². The van der Waals surface area contributed by atoms with E-state index in [1.54, 1.807) is 56.6 Å². The van der Waals surface area contributed by atoms with Gasteiger partial charge in [-0.05, 0) is 41.5 Å². The molecule has 0 saturated carbocycles. The van der Waals surface area contributed by atoms with E-state index in [9.17, 15) is 14.4 Å². The monoisotopic (exact) mass is 444 g/mol. The molecule has 7 heteroatoms. The van der Waals surface area contributed by atoms with Crippen molar-refractivity contribution in [3.05, 3.63) is 95.1 Å². The van der Waals surface area contributed by atoms with Gasteiger partial charge in [0.05, 0.1) is 19.2 Å².